The summed E-state index contributed by atoms with van der Waals surface area (Å²) in [6.45, 7) is 0. The van der Waals surface area contributed by atoms with Gasteiger partial charge in [-0.05, 0) is 35.4 Å². The van der Waals surface area contributed by atoms with E-state index in [0.29, 0.717) is 5.01 Å². The molecule has 3 rings (SSSR count). The molecule has 3 aromatic rings. The summed E-state index contributed by atoms with van der Waals surface area (Å²) in [4.78, 5) is 13.8. The Balaban J connectivity index is 1.80. The molecule has 2 amide bonds. The van der Waals surface area contributed by atoms with Gasteiger partial charge in [-0.15, -0.1) is 0 Å². The molecule has 27 heavy (non-hydrogen) atoms. The van der Waals surface area contributed by atoms with E-state index in [1.807, 2.05) is 35.2 Å². The normalized spacial score (nSPS) is 11.0. The summed E-state index contributed by atoms with van der Waals surface area (Å²) in [5, 5.41) is 0.701. The van der Waals surface area contributed by atoms with Crippen LogP contribution in [-0.4, -0.2) is 14.4 Å². The zero-order valence-electron chi connectivity index (χ0n) is 14.1. The second kappa shape index (κ2) is 7.90. The van der Waals surface area contributed by atoms with Gasteiger partial charge < -0.3 is 9.92 Å². The molecular weight excluding hydrogens is 366 g/mol. The van der Waals surface area contributed by atoms with Gasteiger partial charge in [-0.2, -0.15) is 8.42 Å². The Morgan fingerprint density at radius 1 is 0.815 bits per heavy atom. The van der Waals surface area contributed by atoms with Gasteiger partial charge in [0.05, 0.1) is 5.69 Å². The maximum Gasteiger partial charge on any atom is 0.400 e. The number of nitrogens with two attached hydrogens (primary N) is 1. The molecule has 0 unspecified atom stereocenters. The van der Waals surface area contributed by atoms with Crippen molar-refractivity contribution in [1.29, 1.82) is 0 Å². The van der Waals surface area contributed by atoms with E-state index in [2.05, 4.69) is 0 Å². The van der Waals surface area contributed by atoms with E-state index in [1.165, 1.54) is 12.1 Å². The Labute approximate surface area is 157 Å². The van der Waals surface area contributed by atoms with E-state index in [9.17, 15) is 13.2 Å². The minimum atomic E-state index is -4.31. The third kappa shape index (κ3) is 4.84. The molecule has 138 valence electrons. The van der Waals surface area contributed by atoms with Gasteiger partial charge in [0.1, 0.15) is 5.75 Å². The lowest BCUT2D eigenvalue weighted by Gasteiger charge is -2.21. The third-order valence-corrected chi connectivity index (χ3v) is 4.42. The van der Waals surface area contributed by atoms with E-state index in [4.69, 9.17) is 9.92 Å². The molecule has 0 saturated carbocycles. The fourth-order valence-corrected chi connectivity index (χ4v) is 3.21. The van der Waals surface area contributed by atoms with Gasteiger partial charge in [0.2, 0.25) is 0 Å². The van der Waals surface area contributed by atoms with Gasteiger partial charge in [0, 0.05) is 0 Å². The first-order valence-corrected chi connectivity index (χ1v) is 9.37. The van der Waals surface area contributed by atoms with E-state index in [-0.39, 0.29) is 11.4 Å². The summed E-state index contributed by atoms with van der Waals surface area (Å²) in [5.41, 5.74) is 7.47. The molecule has 3 aromatic carbocycles. The highest BCUT2D eigenvalue weighted by Crippen LogP contribution is 2.23. The van der Waals surface area contributed by atoms with Crippen LogP contribution in [0.15, 0.2) is 84.9 Å². The number of carbonyl (C=O) groups is 1. The van der Waals surface area contributed by atoms with Crippen LogP contribution in [0, 0.1) is 0 Å². The summed E-state index contributed by atoms with van der Waals surface area (Å²) in [5.74, 6) is 0.105. The number of anilines is 1. The average molecular weight is 383 g/mol. The van der Waals surface area contributed by atoms with Gasteiger partial charge in [0.15, 0.2) is 0 Å². The summed E-state index contributed by atoms with van der Waals surface area (Å²) >= 11 is 0. The van der Waals surface area contributed by atoms with Crippen LogP contribution in [0.25, 0.3) is 11.1 Å². The van der Waals surface area contributed by atoms with Gasteiger partial charge in [-0.1, -0.05) is 65.5 Å². The van der Waals surface area contributed by atoms with Crippen molar-refractivity contribution in [3.63, 3.8) is 0 Å². The topological polar surface area (TPSA) is 102 Å². The molecule has 0 fully saturated rings. The second-order valence-corrected chi connectivity index (χ2v) is 6.79. The molecule has 0 aliphatic rings. The number of carbonyl (C=O) groups excluding carboxylic acids is 1. The van der Waals surface area contributed by atoms with Crippen LogP contribution in [0.3, 0.4) is 0 Å². The highest BCUT2D eigenvalue weighted by atomic mass is 32.2. The fraction of sp³-hybridized carbons (Fsp3) is 0. The molecule has 0 aliphatic heterocycles. The van der Waals surface area contributed by atoms with E-state index < -0.39 is 16.3 Å². The van der Waals surface area contributed by atoms with Crippen LogP contribution in [0.5, 0.6) is 5.75 Å². The number of hydrazine groups is 1. The fourth-order valence-electron chi connectivity index (χ4n) is 2.39. The molecule has 0 saturated heterocycles. The molecule has 0 atom stereocenters. The van der Waals surface area contributed by atoms with Gasteiger partial charge in [-0.25, -0.2) is 9.80 Å². The first kappa shape index (κ1) is 18.4. The van der Waals surface area contributed by atoms with Crippen molar-refractivity contribution in [3.05, 3.63) is 84.9 Å². The molecule has 7 nitrogen and oxygen atoms in total. The minimum Gasteiger partial charge on any atom is -0.370 e. The number of amides is 2. The van der Waals surface area contributed by atoms with Crippen LogP contribution in [0.4, 0.5) is 10.5 Å². The Morgan fingerprint density at radius 3 is 1.89 bits per heavy atom. The van der Waals surface area contributed by atoms with Gasteiger partial charge in [0.25, 0.3) is 0 Å². The SMILES string of the molecule is NC(=O)N(NS(=O)(=O)Oc1ccccc1)c1ccc(-c2ccccc2)cc1. The maximum absolute atomic E-state index is 12.2. The van der Waals surface area contributed by atoms with Crippen LogP contribution in [0.1, 0.15) is 0 Å². The van der Waals surface area contributed by atoms with Crippen molar-refractivity contribution in [3.8, 4) is 16.9 Å². The van der Waals surface area contributed by atoms with E-state index in [0.717, 1.165) is 11.1 Å². The monoisotopic (exact) mass is 383 g/mol. The second-order valence-electron chi connectivity index (χ2n) is 5.53. The lowest BCUT2D eigenvalue weighted by Crippen LogP contribution is -2.50. The van der Waals surface area contributed by atoms with Crippen molar-refractivity contribution in [2.75, 3.05) is 5.01 Å². The van der Waals surface area contributed by atoms with Crippen molar-refractivity contribution in [1.82, 2.24) is 4.83 Å². The van der Waals surface area contributed by atoms with E-state index in [1.54, 1.807) is 42.5 Å². The molecule has 0 radical (unpaired) electrons. The van der Waals surface area contributed by atoms with Gasteiger partial charge >= 0.3 is 16.3 Å². The summed E-state index contributed by atoms with van der Waals surface area (Å²) in [6, 6.07) is 23.2. The summed E-state index contributed by atoms with van der Waals surface area (Å²) in [7, 11) is -4.31. The number of hydrogen-bond donors (Lipinski definition) is 2. The minimum absolute atomic E-state index is 0.105. The first-order chi connectivity index (χ1) is 12.9. The first-order valence-electron chi connectivity index (χ1n) is 7.96. The predicted octanol–water partition coefficient (Wildman–Crippen LogP) is 3.07. The number of urea groups is 1. The molecule has 8 heteroatoms. The molecule has 3 N–H and O–H groups in total. The lowest BCUT2D eigenvalue weighted by molar-refractivity contribution is 0.252. The van der Waals surface area contributed by atoms with Crippen molar-refractivity contribution in [2.45, 2.75) is 0 Å². The highest BCUT2D eigenvalue weighted by molar-refractivity contribution is 7.85. The smallest absolute Gasteiger partial charge is 0.370 e. The number of hydrogen-bond acceptors (Lipinski definition) is 4. The molecule has 0 heterocycles. The van der Waals surface area contributed by atoms with Crippen molar-refractivity contribution in [2.24, 2.45) is 5.73 Å². The molecule has 0 bridgehead atoms. The summed E-state index contributed by atoms with van der Waals surface area (Å²) in [6.07, 6.45) is 0. The number of benzene rings is 3. The van der Waals surface area contributed by atoms with Gasteiger partial charge in [-0.3, -0.25) is 0 Å². The Bertz CT molecular complexity index is 1010. The third-order valence-electron chi connectivity index (χ3n) is 3.61. The largest absolute Gasteiger partial charge is 0.400 e. The molecular formula is C19H17N3O4S. The highest BCUT2D eigenvalue weighted by Gasteiger charge is 2.22. The Morgan fingerprint density at radius 2 is 1.33 bits per heavy atom. The standard InChI is InChI=1S/C19H17N3O4S/c20-19(23)22(21-27(24,25)26-18-9-5-2-6-10-18)17-13-11-16(12-14-17)15-7-3-1-4-8-15/h1-14,21H,(H2,20,23). The van der Waals surface area contributed by atoms with Crippen LogP contribution < -0.4 is 19.8 Å². The quantitative estimate of drug-likeness (QED) is 0.639. The number of nitrogens with zero attached hydrogens (tertiary/aromatic N) is 1. The molecule has 0 spiro atoms. The van der Waals surface area contributed by atoms with Crippen LogP contribution in [0.2, 0.25) is 0 Å². The number of rotatable bonds is 6. The zero-order valence-corrected chi connectivity index (χ0v) is 15.0. The van der Waals surface area contributed by atoms with Crippen LogP contribution in [-0.2, 0) is 10.3 Å². The Kier molecular flexibility index (Phi) is 5.39. The zero-order chi connectivity index (χ0) is 19.3. The average Bonchev–Trinajstić information content (AvgIpc) is 2.67. The molecule has 0 aliphatic carbocycles. The number of nitrogens with one attached hydrogen (secondary N) is 1. The predicted molar refractivity (Wildman–Crippen MR) is 103 cm³/mol. The molecule has 0 aromatic heterocycles. The Hall–Kier alpha value is -3.36. The lowest BCUT2D eigenvalue weighted by atomic mass is 10.1. The number of primary amides is 1. The number of para-hydroxylation sites is 1. The van der Waals surface area contributed by atoms with Crippen molar-refractivity contribution >= 4 is 22.0 Å². The summed E-state index contributed by atoms with van der Waals surface area (Å²) < 4.78 is 29.3. The maximum atomic E-state index is 12.2. The van der Waals surface area contributed by atoms with E-state index >= 15 is 0 Å². The van der Waals surface area contributed by atoms with Crippen LogP contribution >= 0.6 is 0 Å². The van der Waals surface area contributed by atoms with Crippen molar-refractivity contribution < 1.29 is 17.4 Å².